The normalized spacial score (nSPS) is 12.7. The third kappa shape index (κ3) is 3.16. The number of ether oxygens (including phenoxy) is 1. The maximum atomic E-state index is 12.9. The van der Waals surface area contributed by atoms with Crippen LogP contribution in [0.25, 0.3) is 10.2 Å². The summed E-state index contributed by atoms with van der Waals surface area (Å²) in [5, 5.41) is -0.429. The molecular formula is C12H7F6NO2S. The zero-order valence-electron chi connectivity index (χ0n) is 10.8. The molecule has 1 aromatic heterocycles. The Morgan fingerprint density at radius 1 is 1.18 bits per heavy atom. The van der Waals surface area contributed by atoms with Crippen LogP contribution < -0.4 is 0 Å². The fraction of sp³-hybridized carbons (Fsp3) is 0.333. The van der Waals surface area contributed by atoms with E-state index in [9.17, 15) is 31.1 Å². The summed E-state index contributed by atoms with van der Waals surface area (Å²) in [7, 11) is 0. The fourth-order valence-corrected chi connectivity index (χ4v) is 2.66. The molecule has 1 heterocycles. The second-order valence-corrected chi connectivity index (χ2v) is 5.11. The monoisotopic (exact) mass is 343 g/mol. The molecule has 0 spiro atoms. The fourth-order valence-electron chi connectivity index (χ4n) is 1.69. The molecule has 0 N–H and O–H groups in total. The van der Waals surface area contributed by atoms with Crippen molar-refractivity contribution >= 4 is 27.5 Å². The lowest BCUT2D eigenvalue weighted by Crippen LogP contribution is -2.10. The van der Waals surface area contributed by atoms with Gasteiger partial charge in [0.15, 0.2) is 0 Å². The van der Waals surface area contributed by atoms with Gasteiger partial charge in [-0.3, -0.25) is 0 Å². The molecule has 2 rings (SSSR count). The third-order valence-corrected chi connectivity index (χ3v) is 3.66. The van der Waals surface area contributed by atoms with Gasteiger partial charge >= 0.3 is 18.3 Å². The van der Waals surface area contributed by atoms with Crippen molar-refractivity contribution in [3.8, 4) is 0 Å². The van der Waals surface area contributed by atoms with E-state index in [0.717, 1.165) is 0 Å². The van der Waals surface area contributed by atoms with Gasteiger partial charge in [0.1, 0.15) is 0 Å². The van der Waals surface area contributed by atoms with Crippen LogP contribution in [0.2, 0.25) is 0 Å². The molecule has 3 nitrogen and oxygen atoms in total. The van der Waals surface area contributed by atoms with Crippen molar-refractivity contribution < 1.29 is 35.9 Å². The number of hydrogen-bond acceptors (Lipinski definition) is 4. The molecule has 22 heavy (non-hydrogen) atoms. The number of nitrogens with zero attached hydrogens (tertiary/aromatic N) is 1. The summed E-state index contributed by atoms with van der Waals surface area (Å²) in [6, 6.07) is 0.485. The highest BCUT2D eigenvalue weighted by Crippen LogP contribution is 2.41. The first-order valence-electron chi connectivity index (χ1n) is 5.80. The quantitative estimate of drug-likeness (QED) is 0.595. The average molecular weight is 343 g/mol. The van der Waals surface area contributed by atoms with Crippen LogP contribution in [-0.2, 0) is 17.1 Å². The molecule has 0 aliphatic heterocycles. The van der Waals surface area contributed by atoms with Gasteiger partial charge in [0.25, 0.3) is 0 Å². The van der Waals surface area contributed by atoms with Gasteiger partial charge in [-0.15, -0.1) is 11.3 Å². The molecule has 0 saturated heterocycles. The largest absolute Gasteiger partial charge is 0.461 e. The SMILES string of the molecule is CCOC(=O)c1nc2cc(C(F)(F)F)cc(C(F)(F)F)c2s1. The summed E-state index contributed by atoms with van der Waals surface area (Å²) < 4.78 is 80.9. The predicted molar refractivity (Wildman–Crippen MR) is 65.6 cm³/mol. The van der Waals surface area contributed by atoms with E-state index in [2.05, 4.69) is 9.72 Å². The molecule has 10 heteroatoms. The second-order valence-electron chi connectivity index (χ2n) is 4.11. The van der Waals surface area contributed by atoms with Crippen LogP contribution >= 0.6 is 11.3 Å². The van der Waals surface area contributed by atoms with E-state index in [1.807, 2.05) is 0 Å². The van der Waals surface area contributed by atoms with Gasteiger partial charge in [-0.1, -0.05) is 0 Å². The van der Waals surface area contributed by atoms with Crippen LogP contribution in [0.1, 0.15) is 27.9 Å². The summed E-state index contributed by atoms with van der Waals surface area (Å²) in [6.45, 7) is 1.45. The van der Waals surface area contributed by atoms with Crippen LogP contribution in [0.5, 0.6) is 0 Å². The lowest BCUT2D eigenvalue weighted by molar-refractivity contribution is -0.142. The van der Waals surface area contributed by atoms with Gasteiger partial charge in [-0.25, -0.2) is 9.78 Å². The van der Waals surface area contributed by atoms with Crippen molar-refractivity contribution in [2.24, 2.45) is 0 Å². The van der Waals surface area contributed by atoms with E-state index in [0.29, 0.717) is 17.4 Å². The Labute approximate surface area is 123 Å². The number of aromatic nitrogens is 1. The van der Waals surface area contributed by atoms with E-state index >= 15 is 0 Å². The van der Waals surface area contributed by atoms with Crippen LogP contribution in [0.3, 0.4) is 0 Å². The molecule has 0 aliphatic rings. The van der Waals surface area contributed by atoms with Crippen molar-refractivity contribution in [3.05, 3.63) is 28.3 Å². The van der Waals surface area contributed by atoms with Gasteiger partial charge in [0, 0.05) is 0 Å². The number of rotatable bonds is 2. The first kappa shape index (κ1) is 16.5. The van der Waals surface area contributed by atoms with Gasteiger partial charge < -0.3 is 4.74 Å². The van der Waals surface area contributed by atoms with E-state index in [4.69, 9.17) is 0 Å². The van der Waals surface area contributed by atoms with Crippen molar-refractivity contribution in [2.75, 3.05) is 6.61 Å². The Morgan fingerprint density at radius 2 is 1.82 bits per heavy atom. The van der Waals surface area contributed by atoms with E-state index in [-0.39, 0.29) is 12.7 Å². The van der Waals surface area contributed by atoms with Crippen LogP contribution in [-0.4, -0.2) is 17.6 Å². The van der Waals surface area contributed by atoms with Gasteiger partial charge in [-0.2, -0.15) is 26.3 Å². The second kappa shape index (κ2) is 5.41. The van der Waals surface area contributed by atoms with Crippen LogP contribution in [0.4, 0.5) is 26.3 Å². The van der Waals surface area contributed by atoms with Crippen LogP contribution in [0, 0.1) is 0 Å². The highest BCUT2D eigenvalue weighted by atomic mass is 32.1. The minimum Gasteiger partial charge on any atom is -0.461 e. The highest BCUT2D eigenvalue weighted by molar-refractivity contribution is 7.20. The number of benzene rings is 1. The number of hydrogen-bond donors (Lipinski definition) is 0. The van der Waals surface area contributed by atoms with Gasteiger partial charge in [0.2, 0.25) is 5.01 Å². The molecule has 0 amide bonds. The Hall–Kier alpha value is -1.84. The number of halogens is 6. The summed E-state index contributed by atoms with van der Waals surface area (Å²) >= 11 is 0.345. The van der Waals surface area contributed by atoms with E-state index in [1.165, 1.54) is 6.92 Å². The van der Waals surface area contributed by atoms with E-state index < -0.39 is 44.7 Å². The van der Waals surface area contributed by atoms with Crippen molar-refractivity contribution in [1.29, 1.82) is 0 Å². The lowest BCUT2D eigenvalue weighted by atomic mass is 10.1. The number of alkyl halides is 6. The molecule has 0 saturated carbocycles. The molecule has 0 atom stereocenters. The molecule has 120 valence electrons. The molecule has 0 bridgehead atoms. The summed E-state index contributed by atoms with van der Waals surface area (Å²) in [6.07, 6.45) is -9.96. The number of esters is 1. The predicted octanol–water partition coefficient (Wildman–Crippen LogP) is 4.51. The molecule has 0 unspecified atom stereocenters. The Morgan fingerprint density at radius 3 is 2.32 bits per heavy atom. The van der Waals surface area contributed by atoms with Crippen LogP contribution in [0.15, 0.2) is 12.1 Å². The third-order valence-electron chi connectivity index (χ3n) is 2.57. The Balaban J connectivity index is 2.70. The number of fused-ring (bicyclic) bond motifs is 1. The molecule has 0 radical (unpaired) electrons. The zero-order valence-corrected chi connectivity index (χ0v) is 11.6. The maximum absolute atomic E-state index is 12.9. The Bertz CT molecular complexity index is 719. The molecule has 0 fully saturated rings. The maximum Gasteiger partial charge on any atom is 0.417 e. The van der Waals surface area contributed by atoms with Gasteiger partial charge in [0.05, 0.1) is 28.0 Å². The van der Waals surface area contributed by atoms with Gasteiger partial charge in [-0.05, 0) is 19.1 Å². The lowest BCUT2D eigenvalue weighted by Gasteiger charge is -2.11. The number of thiazole rings is 1. The zero-order chi connectivity index (χ0) is 16.7. The Kier molecular flexibility index (Phi) is 4.07. The number of carbonyl (C=O) groups excluding carboxylic acids is 1. The number of carbonyl (C=O) groups is 1. The smallest absolute Gasteiger partial charge is 0.417 e. The average Bonchev–Trinajstić information content (AvgIpc) is 2.79. The highest BCUT2D eigenvalue weighted by Gasteiger charge is 2.39. The molecular weight excluding hydrogens is 336 g/mol. The molecule has 0 aliphatic carbocycles. The van der Waals surface area contributed by atoms with E-state index in [1.54, 1.807) is 0 Å². The van der Waals surface area contributed by atoms with Crippen molar-refractivity contribution in [2.45, 2.75) is 19.3 Å². The topological polar surface area (TPSA) is 39.2 Å². The van der Waals surface area contributed by atoms with Crippen molar-refractivity contribution in [3.63, 3.8) is 0 Å². The summed E-state index contributed by atoms with van der Waals surface area (Å²) in [4.78, 5) is 15.0. The standard InChI is InChI=1S/C12H7F6NO2S/c1-2-21-10(20)9-19-7-4-5(11(13,14)15)3-6(8(7)22-9)12(16,17)18/h3-4H,2H2,1H3. The molecule has 1 aromatic carbocycles. The van der Waals surface area contributed by atoms with Crippen molar-refractivity contribution in [1.82, 2.24) is 4.98 Å². The molecule has 2 aromatic rings. The first-order valence-corrected chi connectivity index (χ1v) is 6.61. The minimum atomic E-state index is -5.00. The summed E-state index contributed by atoms with van der Waals surface area (Å²) in [5.41, 5.74) is -3.51. The summed E-state index contributed by atoms with van der Waals surface area (Å²) in [5.74, 6) is -0.981. The minimum absolute atomic E-state index is 0.00937. The first-order chi connectivity index (χ1) is 10.0.